The fourth-order valence-corrected chi connectivity index (χ4v) is 0.714. The zero-order valence-electron chi connectivity index (χ0n) is 4.56. The van der Waals surface area contributed by atoms with Crippen molar-refractivity contribution in [1.82, 2.24) is 5.32 Å². The van der Waals surface area contributed by atoms with Crippen LogP contribution >= 0.6 is 15.9 Å². The smallest absolute Gasteiger partial charge is 0.182 e. The summed E-state index contributed by atoms with van der Waals surface area (Å²) >= 11 is 3.33. The third-order valence-electron chi connectivity index (χ3n) is 0.846. The molecule has 1 aliphatic heterocycles. The van der Waals surface area contributed by atoms with Gasteiger partial charge in [-0.25, -0.2) is 0 Å². The van der Waals surface area contributed by atoms with Gasteiger partial charge in [0.2, 0.25) is 0 Å². The predicted molar refractivity (Wildman–Crippen MR) is 38.1 cm³/mol. The molecule has 2 nitrogen and oxygen atoms in total. The van der Waals surface area contributed by atoms with E-state index in [1.54, 1.807) is 6.21 Å². The highest BCUT2D eigenvalue weighted by atomic mass is 79.9. The molecule has 0 bridgehead atoms. The molecule has 0 aromatic heterocycles. The van der Waals surface area contributed by atoms with Gasteiger partial charge in [0.1, 0.15) is 0 Å². The lowest BCUT2D eigenvalue weighted by Crippen LogP contribution is -2.31. The van der Waals surface area contributed by atoms with E-state index in [0.717, 1.165) is 0 Å². The van der Waals surface area contributed by atoms with E-state index in [4.69, 9.17) is 0 Å². The van der Waals surface area contributed by atoms with Crippen molar-refractivity contribution >= 4 is 22.1 Å². The zero-order chi connectivity index (χ0) is 6.04. The van der Waals surface area contributed by atoms with Gasteiger partial charge in [0.25, 0.3) is 0 Å². The molecule has 8 heavy (non-hydrogen) atoms. The van der Waals surface area contributed by atoms with Crippen LogP contribution in [0.1, 0.15) is 6.92 Å². The Balaban J connectivity index is 2.65. The third kappa shape index (κ3) is 1.33. The highest BCUT2D eigenvalue weighted by Crippen LogP contribution is 2.15. The number of hydrogen-bond donors (Lipinski definition) is 1. The van der Waals surface area contributed by atoms with Gasteiger partial charge < -0.3 is 5.32 Å². The summed E-state index contributed by atoms with van der Waals surface area (Å²) in [6, 6.07) is 0. The summed E-state index contributed by atoms with van der Waals surface area (Å²) in [4.78, 5) is 4.06. The molecule has 1 rings (SSSR count). The largest absolute Gasteiger partial charge is 0.359 e. The van der Waals surface area contributed by atoms with Gasteiger partial charge >= 0.3 is 0 Å². The number of alkyl halides is 1. The maximum atomic E-state index is 4.06. The molecule has 0 radical (unpaired) electrons. The number of nitrogens with zero attached hydrogens (tertiary/aromatic N) is 1. The fraction of sp³-hybridized carbons (Fsp3) is 0.400. The Hall–Kier alpha value is -0.310. The van der Waals surface area contributed by atoms with Crippen molar-refractivity contribution in [3.05, 3.63) is 12.3 Å². The second kappa shape index (κ2) is 1.90. The van der Waals surface area contributed by atoms with Crippen molar-refractivity contribution in [3.63, 3.8) is 0 Å². The Kier molecular flexibility index (Phi) is 1.38. The molecule has 1 aliphatic rings. The summed E-state index contributed by atoms with van der Waals surface area (Å²) in [6.07, 6.45) is 5.45. The highest BCUT2D eigenvalue weighted by Gasteiger charge is 2.14. The minimum Gasteiger partial charge on any atom is -0.359 e. The first-order valence-corrected chi connectivity index (χ1v) is 3.17. The zero-order valence-corrected chi connectivity index (χ0v) is 6.14. The Morgan fingerprint density at radius 3 is 2.75 bits per heavy atom. The number of halogens is 1. The third-order valence-corrected chi connectivity index (χ3v) is 1.28. The average molecular weight is 175 g/mol. The van der Waals surface area contributed by atoms with Gasteiger partial charge in [-0.15, -0.1) is 0 Å². The first kappa shape index (κ1) is 5.82. The summed E-state index contributed by atoms with van der Waals surface area (Å²) in [5.41, 5.74) is 0. The molecule has 0 amide bonds. The molecule has 0 spiro atoms. The van der Waals surface area contributed by atoms with Gasteiger partial charge in [0, 0.05) is 12.4 Å². The number of hydrogen-bond acceptors (Lipinski definition) is 2. The average Bonchev–Trinajstić information content (AvgIpc) is 1.65. The molecule has 0 aromatic carbocycles. The van der Waals surface area contributed by atoms with Gasteiger partial charge in [0.05, 0.1) is 0 Å². The van der Waals surface area contributed by atoms with Crippen molar-refractivity contribution in [2.75, 3.05) is 0 Å². The van der Waals surface area contributed by atoms with E-state index in [-0.39, 0.29) is 4.57 Å². The topological polar surface area (TPSA) is 24.4 Å². The normalized spacial score (nSPS) is 34.8. The Morgan fingerprint density at radius 1 is 1.75 bits per heavy atom. The van der Waals surface area contributed by atoms with Crippen LogP contribution in [-0.2, 0) is 0 Å². The van der Waals surface area contributed by atoms with Crippen LogP contribution in [0.4, 0.5) is 0 Å². The molecule has 3 heteroatoms. The van der Waals surface area contributed by atoms with Crippen LogP contribution in [0.15, 0.2) is 17.3 Å². The molecule has 0 saturated heterocycles. The van der Waals surface area contributed by atoms with E-state index in [9.17, 15) is 0 Å². The second-order valence-corrected chi connectivity index (χ2v) is 3.28. The van der Waals surface area contributed by atoms with E-state index < -0.39 is 0 Å². The SMILES string of the molecule is CC1(Br)N=CC=CN1. The summed E-state index contributed by atoms with van der Waals surface area (Å²) in [5.74, 6) is 0. The van der Waals surface area contributed by atoms with Gasteiger partial charge in [-0.2, -0.15) is 0 Å². The minimum absolute atomic E-state index is 0.276. The molecular weight excluding hydrogens is 168 g/mol. The van der Waals surface area contributed by atoms with Crippen LogP contribution in [0, 0.1) is 0 Å². The number of nitrogens with one attached hydrogen (secondary N) is 1. The number of allylic oxidation sites excluding steroid dienone is 1. The minimum atomic E-state index is -0.276. The molecule has 44 valence electrons. The van der Waals surface area contributed by atoms with Crippen molar-refractivity contribution in [2.24, 2.45) is 4.99 Å². The molecule has 0 aromatic rings. The summed E-state index contributed by atoms with van der Waals surface area (Å²) in [5, 5.41) is 3.00. The first-order chi connectivity index (χ1) is 3.71. The Bertz CT molecular complexity index is 137. The van der Waals surface area contributed by atoms with Crippen LogP contribution < -0.4 is 5.32 Å². The molecule has 1 N–H and O–H groups in total. The highest BCUT2D eigenvalue weighted by molar-refractivity contribution is 9.10. The maximum absolute atomic E-state index is 4.06. The summed E-state index contributed by atoms with van der Waals surface area (Å²) < 4.78 is -0.276. The predicted octanol–water partition coefficient (Wildman–Crippen LogP) is 1.24. The van der Waals surface area contributed by atoms with Crippen LogP contribution in [0.2, 0.25) is 0 Å². The van der Waals surface area contributed by atoms with Crippen LogP contribution in [0.3, 0.4) is 0 Å². The lowest BCUT2D eigenvalue weighted by atomic mass is 10.5. The molecule has 0 fully saturated rings. The lowest BCUT2D eigenvalue weighted by Gasteiger charge is -2.19. The monoisotopic (exact) mass is 174 g/mol. The first-order valence-electron chi connectivity index (χ1n) is 2.38. The second-order valence-electron chi connectivity index (χ2n) is 1.74. The van der Waals surface area contributed by atoms with E-state index in [0.29, 0.717) is 0 Å². The van der Waals surface area contributed by atoms with Gasteiger partial charge in [0.15, 0.2) is 4.57 Å². The van der Waals surface area contributed by atoms with Crippen LogP contribution in [0.25, 0.3) is 0 Å². The van der Waals surface area contributed by atoms with Crippen molar-refractivity contribution in [1.29, 1.82) is 0 Å². The summed E-state index contributed by atoms with van der Waals surface area (Å²) in [7, 11) is 0. The Labute approximate surface area is 56.8 Å². The van der Waals surface area contributed by atoms with Crippen LogP contribution in [-0.4, -0.2) is 10.8 Å². The number of rotatable bonds is 0. The fourth-order valence-electron chi connectivity index (χ4n) is 0.464. The van der Waals surface area contributed by atoms with Gasteiger partial charge in [-0.1, -0.05) is 0 Å². The molecule has 1 heterocycles. The van der Waals surface area contributed by atoms with E-state index in [2.05, 4.69) is 26.2 Å². The van der Waals surface area contributed by atoms with Crippen molar-refractivity contribution < 1.29 is 0 Å². The van der Waals surface area contributed by atoms with Crippen molar-refractivity contribution in [2.45, 2.75) is 11.5 Å². The summed E-state index contributed by atoms with van der Waals surface area (Å²) in [6.45, 7) is 1.94. The molecule has 1 atom stereocenters. The Morgan fingerprint density at radius 2 is 2.50 bits per heavy atom. The quantitative estimate of drug-likeness (QED) is 0.434. The molecule has 0 aliphatic carbocycles. The molecule has 0 saturated carbocycles. The molecule has 1 unspecified atom stereocenters. The van der Waals surface area contributed by atoms with Gasteiger partial charge in [-0.05, 0) is 28.9 Å². The van der Waals surface area contributed by atoms with E-state index >= 15 is 0 Å². The standard InChI is InChI=1S/C5H7BrN2/c1-5(6)7-3-2-4-8-5/h2-4,7H,1H3. The van der Waals surface area contributed by atoms with E-state index in [1.165, 1.54) is 0 Å². The maximum Gasteiger partial charge on any atom is 0.182 e. The van der Waals surface area contributed by atoms with E-state index in [1.807, 2.05) is 19.2 Å². The molecular formula is C5H7BrN2. The number of aliphatic imine (C=N–C) groups is 1. The lowest BCUT2D eigenvalue weighted by molar-refractivity contribution is 0.623. The van der Waals surface area contributed by atoms with Crippen molar-refractivity contribution in [3.8, 4) is 0 Å². The van der Waals surface area contributed by atoms with Crippen LogP contribution in [0.5, 0.6) is 0 Å². The van der Waals surface area contributed by atoms with Gasteiger partial charge in [-0.3, -0.25) is 4.99 Å².